The van der Waals surface area contributed by atoms with E-state index in [0.29, 0.717) is 17.7 Å². The van der Waals surface area contributed by atoms with E-state index in [4.69, 9.17) is 4.74 Å². The van der Waals surface area contributed by atoms with E-state index in [1.54, 1.807) is 13.2 Å². The molecular weight excluding hydrogens is 214 g/mol. The first kappa shape index (κ1) is 13.8. The van der Waals surface area contributed by atoms with Crippen LogP contribution in [0.1, 0.15) is 32.4 Å². The molecule has 1 atom stereocenters. The molecule has 0 aromatic heterocycles. The summed E-state index contributed by atoms with van der Waals surface area (Å²) in [6.07, 6.45) is 0. The van der Waals surface area contributed by atoms with Gasteiger partial charge in [-0.25, -0.2) is 0 Å². The summed E-state index contributed by atoms with van der Waals surface area (Å²) >= 11 is 0. The molecule has 0 aliphatic carbocycles. The summed E-state index contributed by atoms with van der Waals surface area (Å²) in [6.45, 7) is 7.62. The molecule has 17 heavy (non-hydrogen) atoms. The quantitative estimate of drug-likeness (QED) is 0.854. The van der Waals surface area contributed by atoms with Crippen molar-refractivity contribution >= 4 is 0 Å². The lowest BCUT2D eigenvalue weighted by Crippen LogP contribution is -2.26. The molecule has 0 radical (unpaired) electrons. The Morgan fingerprint density at radius 2 is 1.94 bits per heavy atom. The van der Waals surface area contributed by atoms with Crippen molar-refractivity contribution in [1.82, 2.24) is 4.90 Å². The van der Waals surface area contributed by atoms with Gasteiger partial charge in [0, 0.05) is 12.6 Å². The van der Waals surface area contributed by atoms with Gasteiger partial charge in [0.1, 0.15) is 0 Å². The van der Waals surface area contributed by atoms with Crippen LogP contribution < -0.4 is 4.74 Å². The van der Waals surface area contributed by atoms with Crippen molar-refractivity contribution in [2.24, 2.45) is 5.92 Å². The lowest BCUT2D eigenvalue weighted by molar-refractivity contribution is 0.232. The van der Waals surface area contributed by atoms with Gasteiger partial charge < -0.3 is 9.84 Å². The Bertz CT molecular complexity index is 363. The topological polar surface area (TPSA) is 32.7 Å². The number of hydrogen-bond acceptors (Lipinski definition) is 3. The Hall–Kier alpha value is -1.22. The Balaban J connectivity index is 2.84. The number of phenols is 1. The standard InChI is InChI=1S/C14H23NO2/c1-10(2)9-15(4)11(3)12-6-7-13(16)14(8-12)17-5/h6-8,10-11,16H,9H2,1-5H3. The zero-order valence-electron chi connectivity index (χ0n) is 11.4. The van der Waals surface area contributed by atoms with Gasteiger partial charge in [0.15, 0.2) is 11.5 Å². The van der Waals surface area contributed by atoms with E-state index < -0.39 is 0 Å². The molecule has 0 fully saturated rings. The fourth-order valence-electron chi connectivity index (χ4n) is 1.94. The molecular formula is C14H23NO2. The van der Waals surface area contributed by atoms with Crippen LogP contribution in [0.5, 0.6) is 11.5 Å². The summed E-state index contributed by atoms with van der Waals surface area (Å²) in [5.74, 6) is 1.36. The van der Waals surface area contributed by atoms with Gasteiger partial charge in [-0.3, -0.25) is 4.90 Å². The predicted molar refractivity (Wildman–Crippen MR) is 70.5 cm³/mol. The van der Waals surface area contributed by atoms with Crippen molar-refractivity contribution in [3.63, 3.8) is 0 Å². The van der Waals surface area contributed by atoms with E-state index in [1.807, 2.05) is 12.1 Å². The highest BCUT2D eigenvalue weighted by atomic mass is 16.5. The minimum atomic E-state index is 0.190. The van der Waals surface area contributed by atoms with E-state index in [-0.39, 0.29) is 5.75 Å². The second kappa shape index (κ2) is 5.92. The molecule has 96 valence electrons. The first-order valence-corrected chi connectivity index (χ1v) is 6.02. The van der Waals surface area contributed by atoms with Gasteiger partial charge in [-0.05, 0) is 37.6 Å². The van der Waals surface area contributed by atoms with E-state index in [9.17, 15) is 5.11 Å². The molecule has 0 amide bonds. The van der Waals surface area contributed by atoms with Gasteiger partial charge in [0.2, 0.25) is 0 Å². The Labute approximate surface area is 104 Å². The normalized spacial score (nSPS) is 13.1. The number of phenolic OH excluding ortho intramolecular Hbond substituents is 1. The van der Waals surface area contributed by atoms with Crippen LogP contribution in [0.2, 0.25) is 0 Å². The van der Waals surface area contributed by atoms with Crippen molar-refractivity contribution in [2.45, 2.75) is 26.8 Å². The van der Waals surface area contributed by atoms with E-state index in [0.717, 1.165) is 12.1 Å². The zero-order chi connectivity index (χ0) is 13.0. The number of benzene rings is 1. The molecule has 1 rings (SSSR count). The highest BCUT2D eigenvalue weighted by Crippen LogP contribution is 2.30. The molecule has 1 aromatic rings. The van der Waals surface area contributed by atoms with Crippen LogP contribution in [-0.4, -0.2) is 30.7 Å². The number of hydrogen-bond donors (Lipinski definition) is 1. The molecule has 0 heterocycles. The largest absolute Gasteiger partial charge is 0.504 e. The molecule has 0 aliphatic heterocycles. The first-order valence-electron chi connectivity index (χ1n) is 6.02. The minimum absolute atomic E-state index is 0.190. The average molecular weight is 237 g/mol. The Kier molecular flexibility index (Phi) is 4.82. The molecule has 1 aromatic carbocycles. The van der Waals surface area contributed by atoms with Crippen LogP contribution in [0.4, 0.5) is 0 Å². The van der Waals surface area contributed by atoms with Gasteiger partial charge in [0.25, 0.3) is 0 Å². The molecule has 0 aliphatic rings. The lowest BCUT2D eigenvalue weighted by Gasteiger charge is -2.27. The number of methoxy groups -OCH3 is 1. The smallest absolute Gasteiger partial charge is 0.160 e. The summed E-state index contributed by atoms with van der Waals surface area (Å²) in [6, 6.07) is 5.84. The molecule has 3 heteroatoms. The van der Waals surface area contributed by atoms with Crippen LogP contribution >= 0.6 is 0 Å². The summed E-state index contributed by atoms with van der Waals surface area (Å²) in [5.41, 5.74) is 1.16. The third-order valence-corrected chi connectivity index (χ3v) is 3.00. The van der Waals surface area contributed by atoms with Gasteiger partial charge in [0.05, 0.1) is 7.11 Å². The van der Waals surface area contributed by atoms with E-state index in [2.05, 4.69) is 32.7 Å². The highest BCUT2D eigenvalue weighted by molar-refractivity contribution is 5.42. The van der Waals surface area contributed by atoms with Crippen LogP contribution in [0, 0.1) is 5.92 Å². The van der Waals surface area contributed by atoms with Crippen molar-refractivity contribution in [3.05, 3.63) is 23.8 Å². The summed E-state index contributed by atoms with van der Waals surface area (Å²) in [5, 5.41) is 9.56. The molecule has 0 saturated heterocycles. The second-order valence-electron chi connectivity index (χ2n) is 4.94. The first-order chi connectivity index (χ1) is 7.95. The molecule has 0 saturated carbocycles. The maximum Gasteiger partial charge on any atom is 0.160 e. The molecule has 1 unspecified atom stereocenters. The molecule has 0 spiro atoms. The number of nitrogens with zero attached hydrogens (tertiary/aromatic N) is 1. The monoisotopic (exact) mass is 237 g/mol. The number of ether oxygens (including phenoxy) is 1. The van der Waals surface area contributed by atoms with Crippen LogP contribution in [0.25, 0.3) is 0 Å². The third kappa shape index (κ3) is 3.63. The van der Waals surface area contributed by atoms with Gasteiger partial charge in [-0.2, -0.15) is 0 Å². The fraction of sp³-hybridized carbons (Fsp3) is 0.571. The van der Waals surface area contributed by atoms with Crippen LogP contribution in [-0.2, 0) is 0 Å². The van der Waals surface area contributed by atoms with E-state index in [1.165, 1.54) is 0 Å². The molecule has 1 N–H and O–H groups in total. The summed E-state index contributed by atoms with van der Waals surface area (Å²) in [4.78, 5) is 2.30. The summed E-state index contributed by atoms with van der Waals surface area (Å²) in [7, 11) is 3.69. The predicted octanol–water partition coefficient (Wildman–Crippen LogP) is 3.05. The van der Waals surface area contributed by atoms with Crippen molar-refractivity contribution in [1.29, 1.82) is 0 Å². The van der Waals surface area contributed by atoms with E-state index >= 15 is 0 Å². The van der Waals surface area contributed by atoms with Gasteiger partial charge in [-0.1, -0.05) is 19.9 Å². The minimum Gasteiger partial charge on any atom is -0.504 e. The van der Waals surface area contributed by atoms with Crippen molar-refractivity contribution < 1.29 is 9.84 Å². The van der Waals surface area contributed by atoms with Gasteiger partial charge in [-0.15, -0.1) is 0 Å². The van der Waals surface area contributed by atoms with Crippen molar-refractivity contribution in [2.75, 3.05) is 20.7 Å². The zero-order valence-corrected chi connectivity index (χ0v) is 11.4. The Morgan fingerprint density at radius 3 is 2.47 bits per heavy atom. The fourth-order valence-corrected chi connectivity index (χ4v) is 1.94. The average Bonchev–Trinajstić information content (AvgIpc) is 2.27. The lowest BCUT2D eigenvalue weighted by atomic mass is 10.1. The maximum atomic E-state index is 9.56. The third-order valence-electron chi connectivity index (χ3n) is 3.00. The van der Waals surface area contributed by atoms with Crippen molar-refractivity contribution in [3.8, 4) is 11.5 Å². The van der Waals surface area contributed by atoms with Crippen LogP contribution in [0.3, 0.4) is 0 Å². The molecule has 3 nitrogen and oxygen atoms in total. The summed E-state index contributed by atoms with van der Waals surface area (Å²) < 4.78 is 5.13. The molecule has 0 bridgehead atoms. The van der Waals surface area contributed by atoms with Gasteiger partial charge >= 0.3 is 0 Å². The maximum absolute atomic E-state index is 9.56. The Morgan fingerprint density at radius 1 is 1.29 bits per heavy atom. The number of rotatable bonds is 5. The highest BCUT2D eigenvalue weighted by Gasteiger charge is 2.14. The SMILES string of the molecule is COc1cc(C(C)N(C)CC(C)C)ccc1O. The second-order valence-corrected chi connectivity index (χ2v) is 4.94. The van der Waals surface area contributed by atoms with Crippen LogP contribution in [0.15, 0.2) is 18.2 Å². The number of aromatic hydroxyl groups is 1.